The molecule has 3 rings (SSSR count). The molecule has 0 aliphatic heterocycles. The second-order valence-electron chi connectivity index (χ2n) is 5.75. The van der Waals surface area contributed by atoms with Crippen LogP contribution in [0.1, 0.15) is 17.0 Å². The van der Waals surface area contributed by atoms with E-state index in [-0.39, 0.29) is 0 Å². The molecular formula is C19H21N5. The molecule has 0 atom stereocenters. The second-order valence-corrected chi connectivity index (χ2v) is 5.75. The standard InChI is InChI=1S/C19H21N5/c1-24(2)19-16(9-6-11-21-19)14-22-17-10-12-20-18(23-17)13-15-7-4-3-5-8-15/h3-12H,13-14H2,1-2H3,(H,20,22,23). The van der Waals surface area contributed by atoms with Gasteiger partial charge in [-0.15, -0.1) is 0 Å². The van der Waals surface area contributed by atoms with Crippen LogP contribution in [0.4, 0.5) is 11.6 Å². The number of hydrogen-bond acceptors (Lipinski definition) is 5. The number of pyridine rings is 1. The van der Waals surface area contributed by atoms with E-state index in [9.17, 15) is 0 Å². The van der Waals surface area contributed by atoms with Crippen molar-refractivity contribution in [2.24, 2.45) is 0 Å². The van der Waals surface area contributed by atoms with Crippen LogP contribution in [0, 0.1) is 0 Å². The molecule has 0 fully saturated rings. The molecule has 0 aliphatic rings. The van der Waals surface area contributed by atoms with E-state index in [1.54, 1.807) is 6.20 Å². The summed E-state index contributed by atoms with van der Waals surface area (Å²) in [6.07, 6.45) is 4.33. The molecule has 0 saturated carbocycles. The molecular weight excluding hydrogens is 298 g/mol. The first-order valence-corrected chi connectivity index (χ1v) is 7.93. The fourth-order valence-electron chi connectivity index (χ4n) is 2.52. The Morgan fingerprint density at radius 3 is 2.54 bits per heavy atom. The van der Waals surface area contributed by atoms with Crippen molar-refractivity contribution in [1.82, 2.24) is 15.0 Å². The summed E-state index contributed by atoms with van der Waals surface area (Å²) in [5, 5.41) is 3.36. The molecule has 3 aromatic rings. The molecule has 1 N–H and O–H groups in total. The fraction of sp³-hybridized carbons (Fsp3) is 0.211. The van der Waals surface area contributed by atoms with Crippen LogP contribution in [-0.4, -0.2) is 29.0 Å². The van der Waals surface area contributed by atoms with Gasteiger partial charge in [-0.25, -0.2) is 15.0 Å². The molecule has 0 radical (unpaired) electrons. The number of rotatable bonds is 6. The van der Waals surface area contributed by atoms with Gasteiger partial charge in [0.1, 0.15) is 17.5 Å². The van der Waals surface area contributed by atoms with E-state index in [0.29, 0.717) is 6.54 Å². The normalized spacial score (nSPS) is 10.4. The van der Waals surface area contributed by atoms with E-state index in [1.165, 1.54) is 5.56 Å². The third kappa shape index (κ3) is 4.07. The zero-order chi connectivity index (χ0) is 16.8. The van der Waals surface area contributed by atoms with Crippen molar-refractivity contribution >= 4 is 11.6 Å². The van der Waals surface area contributed by atoms with E-state index in [2.05, 4.69) is 38.5 Å². The zero-order valence-corrected chi connectivity index (χ0v) is 14.0. The van der Waals surface area contributed by atoms with E-state index >= 15 is 0 Å². The summed E-state index contributed by atoms with van der Waals surface area (Å²) in [7, 11) is 3.99. The number of hydrogen-bond donors (Lipinski definition) is 1. The molecule has 5 heteroatoms. The highest BCUT2D eigenvalue weighted by Crippen LogP contribution is 2.16. The zero-order valence-electron chi connectivity index (χ0n) is 14.0. The summed E-state index contributed by atoms with van der Waals surface area (Å²) in [5.41, 5.74) is 2.34. The minimum Gasteiger partial charge on any atom is -0.366 e. The van der Waals surface area contributed by atoms with Gasteiger partial charge in [0.25, 0.3) is 0 Å². The molecule has 0 amide bonds. The highest BCUT2D eigenvalue weighted by Gasteiger charge is 2.06. The van der Waals surface area contributed by atoms with Gasteiger partial charge in [0.05, 0.1) is 0 Å². The van der Waals surface area contributed by atoms with Crippen LogP contribution in [-0.2, 0) is 13.0 Å². The number of anilines is 2. The topological polar surface area (TPSA) is 53.9 Å². The average molecular weight is 319 g/mol. The Morgan fingerprint density at radius 2 is 1.75 bits per heavy atom. The predicted molar refractivity (Wildman–Crippen MR) is 97.2 cm³/mol. The summed E-state index contributed by atoms with van der Waals surface area (Å²) in [6, 6.07) is 16.2. The molecule has 0 bridgehead atoms. The van der Waals surface area contributed by atoms with Crippen molar-refractivity contribution in [2.75, 3.05) is 24.3 Å². The number of nitrogens with one attached hydrogen (secondary N) is 1. The van der Waals surface area contributed by atoms with Crippen molar-refractivity contribution in [3.8, 4) is 0 Å². The third-order valence-electron chi connectivity index (χ3n) is 3.66. The van der Waals surface area contributed by atoms with Gasteiger partial charge in [-0.1, -0.05) is 36.4 Å². The Morgan fingerprint density at radius 1 is 0.917 bits per heavy atom. The van der Waals surface area contributed by atoms with Crippen molar-refractivity contribution in [1.29, 1.82) is 0 Å². The first-order valence-electron chi connectivity index (χ1n) is 7.93. The molecule has 1 aromatic carbocycles. The molecule has 0 aliphatic carbocycles. The third-order valence-corrected chi connectivity index (χ3v) is 3.66. The van der Waals surface area contributed by atoms with Crippen molar-refractivity contribution in [3.63, 3.8) is 0 Å². The van der Waals surface area contributed by atoms with Gasteiger partial charge >= 0.3 is 0 Å². The van der Waals surface area contributed by atoms with Crippen molar-refractivity contribution in [3.05, 3.63) is 77.9 Å². The fourth-order valence-corrected chi connectivity index (χ4v) is 2.52. The Kier molecular flexibility index (Phi) is 5.01. The second kappa shape index (κ2) is 7.55. The van der Waals surface area contributed by atoms with Gasteiger partial charge in [-0.05, 0) is 17.7 Å². The molecule has 5 nitrogen and oxygen atoms in total. The van der Waals surface area contributed by atoms with Gasteiger partial charge in [0.15, 0.2) is 0 Å². The monoisotopic (exact) mass is 319 g/mol. The number of nitrogens with zero attached hydrogens (tertiary/aromatic N) is 4. The minimum atomic E-state index is 0.670. The lowest BCUT2D eigenvalue weighted by Gasteiger charge is -2.16. The molecule has 0 saturated heterocycles. The van der Waals surface area contributed by atoms with Gasteiger partial charge in [0, 0.05) is 45.0 Å². The van der Waals surface area contributed by atoms with E-state index in [0.717, 1.165) is 29.4 Å². The van der Waals surface area contributed by atoms with Crippen LogP contribution in [0.2, 0.25) is 0 Å². The minimum absolute atomic E-state index is 0.670. The number of aromatic nitrogens is 3. The molecule has 0 spiro atoms. The Balaban J connectivity index is 1.69. The van der Waals surface area contributed by atoms with Crippen LogP contribution in [0.5, 0.6) is 0 Å². The lowest BCUT2D eigenvalue weighted by Crippen LogP contribution is -2.15. The predicted octanol–water partition coefficient (Wildman–Crippen LogP) is 3.14. The summed E-state index contributed by atoms with van der Waals surface area (Å²) in [5.74, 6) is 2.60. The molecule has 24 heavy (non-hydrogen) atoms. The summed E-state index contributed by atoms with van der Waals surface area (Å²) < 4.78 is 0. The largest absolute Gasteiger partial charge is 0.366 e. The van der Waals surface area contributed by atoms with Gasteiger partial charge in [0.2, 0.25) is 0 Å². The maximum Gasteiger partial charge on any atom is 0.135 e. The Labute approximate surface area is 142 Å². The van der Waals surface area contributed by atoms with Crippen LogP contribution < -0.4 is 10.2 Å². The SMILES string of the molecule is CN(C)c1ncccc1CNc1ccnc(Cc2ccccc2)n1. The molecule has 2 heterocycles. The highest BCUT2D eigenvalue weighted by molar-refractivity contribution is 5.47. The molecule has 2 aromatic heterocycles. The average Bonchev–Trinajstić information content (AvgIpc) is 2.61. The van der Waals surface area contributed by atoms with Gasteiger partial charge in [-0.2, -0.15) is 0 Å². The van der Waals surface area contributed by atoms with E-state index < -0.39 is 0 Å². The first-order chi connectivity index (χ1) is 11.7. The van der Waals surface area contributed by atoms with E-state index in [1.807, 2.05) is 55.5 Å². The number of benzene rings is 1. The Hall–Kier alpha value is -2.95. The quantitative estimate of drug-likeness (QED) is 0.756. The van der Waals surface area contributed by atoms with E-state index in [4.69, 9.17) is 0 Å². The highest BCUT2D eigenvalue weighted by atomic mass is 15.1. The van der Waals surface area contributed by atoms with Crippen molar-refractivity contribution < 1.29 is 0 Å². The summed E-state index contributed by atoms with van der Waals surface area (Å²) in [6.45, 7) is 0.670. The smallest absolute Gasteiger partial charge is 0.135 e. The molecule has 122 valence electrons. The maximum atomic E-state index is 4.60. The van der Waals surface area contributed by atoms with Crippen LogP contribution in [0.25, 0.3) is 0 Å². The summed E-state index contributed by atoms with van der Waals surface area (Å²) >= 11 is 0. The Bertz CT molecular complexity index is 787. The lowest BCUT2D eigenvalue weighted by atomic mass is 10.1. The van der Waals surface area contributed by atoms with Gasteiger partial charge in [-0.3, -0.25) is 0 Å². The van der Waals surface area contributed by atoms with Gasteiger partial charge < -0.3 is 10.2 Å². The van der Waals surface area contributed by atoms with Crippen LogP contribution in [0.3, 0.4) is 0 Å². The van der Waals surface area contributed by atoms with Crippen LogP contribution in [0.15, 0.2) is 60.9 Å². The molecule has 0 unspecified atom stereocenters. The lowest BCUT2D eigenvalue weighted by molar-refractivity contribution is 0.951. The van der Waals surface area contributed by atoms with Crippen LogP contribution >= 0.6 is 0 Å². The maximum absolute atomic E-state index is 4.60. The first kappa shape index (κ1) is 15.9. The summed E-state index contributed by atoms with van der Waals surface area (Å²) in [4.78, 5) is 15.4. The van der Waals surface area contributed by atoms with Crippen molar-refractivity contribution in [2.45, 2.75) is 13.0 Å².